The van der Waals surface area contributed by atoms with E-state index in [-0.39, 0.29) is 28.7 Å². The van der Waals surface area contributed by atoms with Crippen LogP contribution in [-0.4, -0.2) is 22.3 Å². The number of nitrogens with zero attached hydrogens (tertiary/aromatic N) is 1. The van der Waals surface area contributed by atoms with Gasteiger partial charge in [0.1, 0.15) is 0 Å². The number of piperidine rings is 1. The molecular formula is C13H19NO2. The van der Waals surface area contributed by atoms with Gasteiger partial charge in [0.15, 0.2) is 0 Å². The molecule has 1 aliphatic carbocycles. The Bertz CT molecular complexity index is 397. The second-order valence-corrected chi connectivity index (χ2v) is 5.85. The van der Waals surface area contributed by atoms with Crippen molar-refractivity contribution in [3.8, 4) is 0 Å². The summed E-state index contributed by atoms with van der Waals surface area (Å²) in [6.45, 7) is 11.5. The minimum atomic E-state index is -0.329. The predicted molar refractivity (Wildman–Crippen MR) is 61.6 cm³/mol. The van der Waals surface area contributed by atoms with Gasteiger partial charge in [0.2, 0.25) is 5.91 Å². The molecule has 0 N–H and O–H groups in total. The lowest BCUT2D eigenvalue weighted by Gasteiger charge is -2.40. The molecule has 1 aliphatic heterocycles. The molecule has 16 heavy (non-hydrogen) atoms. The van der Waals surface area contributed by atoms with Gasteiger partial charge in [-0.2, -0.15) is 0 Å². The van der Waals surface area contributed by atoms with E-state index in [9.17, 15) is 9.59 Å². The Labute approximate surface area is 96.5 Å². The van der Waals surface area contributed by atoms with Crippen LogP contribution in [0.25, 0.3) is 0 Å². The molecule has 2 aliphatic rings. The van der Waals surface area contributed by atoms with Gasteiger partial charge in [0.05, 0.1) is 5.54 Å². The maximum Gasteiger partial charge on any atom is 0.256 e. The Morgan fingerprint density at radius 3 is 2.38 bits per heavy atom. The summed E-state index contributed by atoms with van der Waals surface area (Å²) >= 11 is 0. The van der Waals surface area contributed by atoms with Gasteiger partial charge in [-0.3, -0.25) is 14.5 Å². The fraction of sp³-hybridized carbons (Fsp3) is 0.692. The summed E-state index contributed by atoms with van der Waals surface area (Å²) in [6.07, 6.45) is 1.82. The first-order valence-corrected chi connectivity index (χ1v) is 5.77. The minimum absolute atomic E-state index is 0.000741. The highest BCUT2D eigenvalue weighted by Crippen LogP contribution is 2.59. The summed E-state index contributed by atoms with van der Waals surface area (Å²) in [5.74, 6) is -0.213. The summed E-state index contributed by atoms with van der Waals surface area (Å²) < 4.78 is 0. The third kappa shape index (κ3) is 1.04. The molecule has 0 unspecified atom stereocenters. The number of rotatable bonds is 1. The fourth-order valence-corrected chi connectivity index (χ4v) is 3.23. The van der Waals surface area contributed by atoms with Crippen molar-refractivity contribution < 1.29 is 9.59 Å². The zero-order valence-corrected chi connectivity index (χ0v) is 10.5. The van der Waals surface area contributed by atoms with E-state index in [0.717, 1.165) is 12.8 Å². The van der Waals surface area contributed by atoms with Crippen LogP contribution in [-0.2, 0) is 9.59 Å². The SMILES string of the molecule is C=C(C)C(=O)N1C(=O)[C@H]2CC[C@]1(C)C2(C)C. The molecular weight excluding hydrogens is 202 g/mol. The summed E-state index contributed by atoms with van der Waals surface area (Å²) in [5, 5.41) is 0. The smallest absolute Gasteiger partial charge is 0.256 e. The molecule has 2 bridgehead atoms. The number of fused-ring (bicyclic) bond motifs is 2. The van der Waals surface area contributed by atoms with Gasteiger partial charge in [0, 0.05) is 11.5 Å². The first-order valence-electron chi connectivity index (χ1n) is 5.77. The van der Waals surface area contributed by atoms with Gasteiger partial charge in [-0.15, -0.1) is 0 Å². The molecule has 0 aromatic rings. The topological polar surface area (TPSA) is 37.4 Å². The number of carbonyl (C=O) groups is 2. The third-order valence-electron chi connectivity index (χ3n) is 4.76. The van der Waals surface area contributed by atoms with Crippen molar-refractivity contribution in [2.24, 2.45) is 11.3 Å². The lowest BCUT2D eigenvalue weighted by atomic mass is 9.75. The summed E-state index contributed by atoms with van der Waals surface area (Å²) in [7, 11) is 0. The molecule has 88 valence electrons. The van der Waals surface area contributed by atoms with Crippen molar-refractivity contribution >= 4 is 11.8 Å². The quantitative estimate of drug-likeness (QED) is 0.636. The van der Waals surface area contributed by atoms with Crippen LogP contribution in [0.1, 0.15) is 40.5 Å². The highest BCUT2D eigenvalue weighted by molar-refractivity contribution is 6.07. The second-order valence-electron chi connectivity index (χ2n) is 5.85. The fourth-order valence-electron chi connectivity index (χ4n) is 3.23. The summed E-state index contributed by atoms with van der Waals surface area (Å²) in [4.78, 5) is 25.7. The Morgan fingerprint density at radius 1 is 1.44 bits per heavy atom. The van der Waals surface area contributed by atoms with Crippen LogP contribution >= 0.6 is 0 Å². The van der Waals surface area contributed by atoms with E-state index in [2.05, 4.69) is 20.4 Å². The van der Waals surface area contributed by atoms with Gasteiger partial charge < -0.3 is 0 Å². The molecule has 0 radical (unpaired) electrons. The Morgan fingerprint density at radius 2 is 2.00 bits per heavy atom. The van der Waals surface area contributed by atoms with Crippen molar-refractivity contribution in [2.75, 3.05) is 0 Å². The Kier molecular flexibility index (Phi) is 2.10. The molecule has 3 heteroatoms. The van der Waals surface area contributed by atoms with Gasteiger partial charge in [0.25, 0.3) is 5.91 Å². The van der Waals surface area contributed by atoms with Crippen molar-refractivity contribution in [1.29, 1.82) is 0 Å². The van der Waals surface area contributed by atoms with Crippen LogP contribution in [0.5, 0.6) is 0 Å². The molecule has 2 fully saturated rings. The third-order valence-corrected chi connectivity index (χ3v) is 4.76. The van der Waals surface area contributed by atoms with Gasteiger partial charge in [-0.25, -0.2) is 0 Å². The lowest BCUT2D eigenvalue weighted by molar-refractivity contribution is -0.148. The largest absolute Gasteiger partial charge is 0.274 e. The zero-order chi connectivity index (χ0) is 12.3. The van der Waals surface area contributed by atoms with Crippen LogP contribution in [0, 0.1) is 11.3 Å². The zero-order valence-electron chi connectivity index (χ0n) is 10.5. The summed E-state index contributed by atoms with van der Waals surface area (Å²) in [5.41, 5.74) is -0.00194. The van der Waals surface area contributed by atoms with Gasteiger partial charge >= 0.3 is 0 Å². The average Bonchev–Trinajstić information content (AvgIpc) is 2.45. The van der Waals surface area contributed by atoms with E-state index in [0.29, 0.717) is 5.57 Å². The number of hydrogen-bond acceptors (Lipinski definition) is 2. The van der Waals surface area contributed by atoms with Crippen LogP contribution in [0.3, 0.4) is 0 Å². The van der Waals surface area contributed by atoms with E-state index >= 15 is 0 Å². The Balaban J connectivity index is 2.48. The maximum absolute atomic E-state index is 12.2. The van der Waals surface area contributed by atoms with Gasteiger partial charge in [-0.05, 0) is 32.1 Å². The highest BCUT2D eigenvalue weighted by Gasteiger charge is 2.66. The molecule has 0 spiro atoms. The predicted octanol–water partition coefficient (Wildman–Crippen LogP) is 2.13. The first-order chi connectivity index (χ1) is 7.23. The lowest BCUT2D eigenvalue weighted by Crippen LogP contribution is -2.52. The number of hydrogen-bond donors (Lipinski definition) is 0. The average molecular weight is 221 g/mol. The van der Waals surface area contributed by atoms with E-state index in [1.54, 1.807) is 6.92 Å². The van der Waals surface area contributed by atoms with Gasteiger partial charge in [-0.1, -0.05) is 20.4 Å². The molecule has 2 amide bonds. The molecule has 1 saturated heterocycles. The number of likely N-dealkylation sites (tertiary alicyclic amines) is 1. The Hall–Kier alpha value is -1.12. The van der Waals surface area contributed by atoms with E-state index < -0.39 is 0 Å². The van der Waals surface area contributed by atoms with Crippen molar-refractivity contribution in [1.82, 2.24) is 4.90 Å². The minimum Gasteiger partial charge on any atom is -0.274 e. The van der Waals surface area contributed by atoms with Crippen molar-refractivity contribution in [2.45, 2.75) is 46.1 Å². The highest BCUT2D eigenvalue weighted by atomic mass is 16.2. The molecule has 3 nitrogen and oxygen atoms in total. The van der Waals surface area contributed by atoms with E-state index in [1.165, 1.54) is 4.90 Å². The number of carbonyl (C=O) groups excluding carboxylic acids is 2. The standard InChI is InChI=1S/C13H19NO2/c1-8(2)10(15)14-11(16)9-6-7-13(14,5)12(9,3)4/h9H,1,6-7H2,2-5H3/t9-,13-/m1/s1. The van der Waals surface area contributed by atoms with E-state index in [1.807, 2.05) is 6.92 Å². The van der Waals surface area contributed by atoms with Crippen LogP contribution in [0.4, 0.5) is 0 Å². The molecule has 1 heterocycles. The summed E-state index contributed by atoms with van der Waals surface area (Å²) in [6, 6.07) is 0. The maximum atomic E-state index is 12.2. The molecule has 1 saturated carbocycles. The van der Waals surface area contributed by atoms with E-state index in [4.69, 9.17) is 0 Å². The van der Waals surface area contributed by atoms with Crippen molar-refractivity contribution in [3.05, 3.63) is 12.2 Å². The van der Waals surface area contributed by atoms with Crippen LogP contribution < -0.4 is 0 Å². The first kappa shape index (κ1) is 11.4. The normalized spacial score (nSPS) is 35.6. The second kappa shape index (κ2) is 2.96. The van der Waals surface area contributed by atoms with Crippen LogP contribution in [0.2, 0.25) is 0 Å². The molecule has 0 aromatic heterocycles. The van der Waals surface area contributed by atoms with Crippen molar-refractivity contribution in [3.63, 3.8) is 0 Å². The van der Waals surface area contributed by atoms with Crippen LogP contribution in [0.15, 0.2) is 12.2 Å². The molecule has 0 aromatic carbocycles. The number of amides is 2. The molecule has 2 atom stereocenters. The molecule has 2 rings (SSSR count). The monoisotopic (exact) mass is 221 g/mol. The number of imide groups is 1.